The summed E-state index contributed by atoms with van der Waals surface area (Å²) in [6, 6.07) is 11.8. The number of hydrogen-bond donors (Lipinski definition) is 0. The first kappa shape index (κ1) is 15.4. The maximum absolute atomic E-state index is 6.09. The van der Waals surface area contributed by atoms with E-state index in [9.17, 15) is 0 Å². The molecule has 2 aromatic carbocycles. The van der Waals surface area contributed by atoms with Crippen LogP contribution in [0.1, 0.15) is 16.0 Å². The van der Waals surface area contributed by atoms with E-state index in [1.165, 1.54) is 0 Å². The second kappa shape index (κ2) is 6.61. The highest BCUT2D eigenvalue weighted by molar-refractivity contribution is 9.11. The van der Waals surface area contributed by atoms with Crippen LogP contribution in [-0.2, 0) is 0 Å². The van der Waals surface area contributed by atoms with Crippen LogP contribution in [0.25, 0.3) is 0 Å². The van der Waals surface area contributed by atoms with Gasteiger partial charge in [0.25, 0.3) is 0 Å². The van der Waals surface area contributed by atoms with E-state index in [2.05, 4.69) is 47.8 Å². The molecule has 0 aliphatic rings. The summed E-state index contributed by atoms with van der Waals surface area (Å²) in [4.78, 5) is 0.0581. The summed E-state index contributed by atoms with van der Waals surface area (Å²) in [5.41, 5.74) is 2.21. The van der Waals surface area contributed by atoms with Crippen LogP contribution < -0.4 is 4.74 Å². The summed E-state index contributed by atoms with van der Waals surface area (Å²) in [7, 11) is 1.65. The lowest BCUT2D eigenvalue weighted by molar-refractivity contribution is 0.414. The fourth-order valence-electron chi connectivity index (χ4n) is 1.74. The van der Waals surface area contributed by atoms with Crippen molar-refractivity contribution in [1.29, 1.82) is 0 Å². The number of rotatable bonds is 3. The minimum Gasteiger partial charge on any atom is -0.497 e. The zero-order valence-electron chi connectivity index (χ0n) is 9.96. The molecular weight excluding hydrogens is 459 g/mol. The van der Waals surface area contributed by atoms with E-state index < -0.39 is 0 Å². The summed E-state index contributed by atoms with van der Waals surface area (Å²) in [6.07, 6.45) is 0. The van der Waals surface area contributed by atoms with Gasteiger partial charge >= 0.3 is 0 Å². The van der Waals surface area contributed by atoms with Gasteiger partial charge in [-0.15, -0.1) is 0 Å². The predicted molar refractivity (Wildman–Crippen MR) is 90.6 cm³/mol. The van der Waals surface area contributed by atoms with E-state index >= 15 is 0 Å². The fraction of sp³-hybridized carbons (Fsp3) is 0.143. The summed E-state index contributed by atoms with van der Waals surface area (Å²) >= 11 is 16.8. The van der Waals surface area contributed by atoms with Gasteiger partial charge in [-0.05, 0) is 41.5 Å². The number of alkyl halides is 1. The van der Waals surface area contributed by atoms with Crippen LogP contribution in [0.4, 0.5) is 0 Å². The third-order valence-electron chi connectivity index (χ3n) is 2.66. The van der Waals surface area contributed by atoms with Crippen LogP contribution in [0.2, 0.25) is 5.02 Å². The van der Waals surface area contributed by atoms with Gasteiger partial charge < -0.3 is 4.74 Å². The van der Waals surface area contributed by atoms with Gasteiger partial charge in [0.05, 0.1) is 11.9 Å². The van der Waals surface area contributed by atoms with E-state index in [0.29, 0.717) is 5.02 Å². The topological polar surface area (TPSA) is 9.23 Å². The smallest absolute Gasteiger partial charge is 0.120 e. The first-order valence-corrected chi connectivity index (χ1v) is 8.32. The second-order valence-electron chi connectivity index (χ2n) is 3.95. The highest BCUT2D eigenvalue weighted by Gasteiger charge is 2.15. The average molecular weight is 469 g/mol. The largest absolute Gasteiger partial charge is 0.497 e. The standard InChI is InChI=1S/C14H10Br3ClO/c1-19-11-2-3-12(13(16)7-11)14(17)8-4-9(15)6-10(18)5-8/h2-7,14H,1H3. The molecule has 0 aliphatic heterocycles. The Kier molecular flexibility index (Phi) is 5.35. The van der Waals surface area contributed by atoms with Crippen molar-refractivity contribution >= 4 is 59.4 Å². The van der Waals surface area contributed by atoms with Crippen molar-refractivity contribution in [2.45, 2.75) is 4.83 Å². The summed E-state index contributed by atoms with van der Waals surface area (Å²) in [5, 5.41) is 0.707. The Morgan fingerprint density at radius 2 is 1.84 bits per heavy atom. The van der Waals surface area contributed by atoms with Crippen LogP contribution in [0, 0.1) is 0 Å². The van der Waals surface area contributed by atoms with Crippen molar-refractivity contribution in [3.63, 3.8) is 0 Å². The van der Waals surface area contributed by atoms with Gasteiger partial charge in [-0.25, -0.2) is 0 Å². The van der Waals surface area contributed by atoms with Crippen LogP contribution in [0.3, 0.4) is 0 Å². The van der Waals surface area contributed by atoms with Crippen molar-refractivity contribution in [2.24, 2.45) is 0 Å². The summed E-state index contributed by atoms with van der Waals surface area (Å²) in [6.45, 7) is 0. The minimum atomic E-state index is 0.0581. The summed E-state index contributed by atoms with van der Waals surface area (Å²) in [5.74, 6) is 0.822. The average Bonchev–Trinajstić information content (AvgIpc) is 2.36. The van der Waals surface area contributed by atoms with Gasteiger partial charge in [0, 0.05) is 14.0 Å². The first-order valence-electron chi connectivity index (χ1n) is 5.44. The van der Waals surface area contributed by atoms with Gasteiger partial charge in [0.1, 0.15) is 5.75 Å². The molecule has 1 unspecified atom stereocenters. The number of methoxy groups -OCH3 is 1. The van der Waals surface area contributed by atoms with Gasteiger partial charge in [-0.2, -0.15) is 0 Å². The molecule has 0 N–H and O–H groups in total. The normalized spacial score (nSPS) is 12.3. The molecular formula is C14H10Br3ClO. The third kappa shape index (κ3) is 3.75. The van der Waals surface area contributed by atoms with Crippen molar-refractivity contribution in [2.75, 3.05) is 7.11 Å². The number of hydrogen-bond acceptors (Lipinski definition) is 1. The van der Waals surface area contributed by atoms with Crippen LogP contribution in [0.5, 0.6) is 5.75 Å². The molecule has 100 valence electrons. The van der Waals surface area contributed by atoms with Gasteiger partial charge in [-0.3, -0.25) is 0 Å². The molecule has 0 aliphatic carbocycles. The lowest BCUT2D eigenvalue weighted by atomic mass is 10.0. The minimum absolute atomic E-state index is 0.0581. The molecule has 0 radical (unpaired) electrons. The van der Waals surface area contributed by atoms with E-state index in [0.717, 1.165) is 25.8 Å². The van der Waals surface area contributed by atoms with Crippen molar-refractivity contribution < 1.29 is 4.74 Å². The lowest BCUT2D eigenvalue weighted by Crippen LogP contribution is -1.95. The maximum Gasteiger partial charge on any atom is 0.120 e. The first-order chi connectivity index (χ1) is 9.01. The predicted octanol–water partition coefficient (Wildman–Crippen LogP) is 6.36. The van der Waals surface area contributed by atoms with Crippen molar-refractivity contribution in [1.82, 2.24) is 0 Å². The van der Waals surface area contributed by atoms with Gasteiger partial charge in [0.15, 0.2) is 0 Å². The molecule has 0 fully saturated rings. The molecule has 2 aromatic rings. The monoisotopic (exact) mass is 466 g/mol. The molecule has 0 amide bonds. The Morgan fingerprint density at radius 3 is 2.42 bits per heavy atom. The number of ether oxygens (including phenoxy) is 1. The van der Waals surface area contributed by atoms with Crippen LogP contribution >= 0.6 is 59.4 Å². The molecule has 2 rings (SSSR count). The number of halogens is 4. The Hall–Kier alpha value is -0.0300. The molecule has 0 saturated carbocycles. The van der Waals surface area contributed by atoms with Crippen LogP contribution in [-0.4, -0.2) is 7.11 Å². The lowest BCUT2D eigenvalue weighted by Gasteiger charge is -2.14. The fourth-order valence-corrected chi connectivity index (χ4v) is 4.19. The Balaban J connectivity index is 2.40. The SMILES string of the molecule is COc1ccc(C(Br)c2cc(Cl)cc(Br)c2)c(Br)c1. The Bertz CT molecular complexity index is 581. The summed E-state index contributed by atoms with van der Waals surface area (Å²) < 4.78 is 7.15. The zero-order valence-corrected chi connectivity index (χ0v) is 15.5. The Morgan fingerprint density at radius 1 is 1.11 bits per heavy atom. The van der Waals surface area contributed by atoms with Gasteiger partial charge in [-0.1, -0.05) is 65.5 Å². The second-order valence-corrected chi connectivity index (χ2v) is 7.07. The van der Waals surface area contributed by atoms with E-state index in [1.54, 1.807) is 7.11 Å². The highest BCUT2D eigenvalue weighted by atomic mass is 79.9. The van der Waals surface area contributed by atoms with Crippen LogP contribution in [0.15, 0.2) is 45.3 Å². The van der Waals surface area contributed by atoms with E-state index in [-0.39, 0.29) is 4.83 Å². The van der Waals surface area contributed by atoms with E-state index in [4.69, 9.17) is 16.3 Å². The van der Waals surface area contributed by atoms with Crippen molar-refractivity contribution in [3.8, 4) is 5.75 Å². The zero-order chi connectivity index (χ0) is 14.0. The maximum atomic E-state index is 6.09. The number of benzene rings is 2. The third-order valence-corrected chi connectivity index (χ3v) is 5.04. The molecule has 0 heterocycles. The quantitative estimate of drug-likeness (QED) is 0.476. The molecule has 0 aromatic heterocycles. The molecule has 0 saturated heterocycles. The highest BCUT2D eigenvalue weighted by Crippen LogP contribution is 2.38. The Labute approximate surface area is 142 Å². The van der Waals surface area contributed by atoms with Crippen molar-refractivity contribution in [3.05, 3.63) is 61.5 Å². The van der Waals surface area contributed by atoms with E-state index in [1.807, 2.05) is 36.4 Å². The molecule has 0 bridgehead atoms. The molecule has 0 spiro atoms. The molecule has 1 nitrogen and oxygen atoms in total. The molecule has 19 heavy (non-hydrogen) atoms. The van der Waals surface area contributed by atoms with Gasteiger partial charge in [0.2, 0.25) is 0 Å². The molecule has 1 atom stereocenters. The molecule has 5 heteroatoms.